The number of piperidine rings is 1. The molecule has 0 saturated carbocycles. The Labute approximate surface area is 71.1 Å². The molecule has 5 heteroatoms. The third kappa shape index (κ3) is 2.50. The molecule has 2 amide bonds. The van der Waals surface area contributed by atoms with Crippen molar-refractivity contribution in [2.24, 2.45) is 0 Å². The molecular weight excluding hydrogens is 158 g/mol. The van der Waals surface area contributed by atoms with Crippen molar-refractivity contribution in [2.75, 3.05) is 13.1 Å². The first-order valence-electron chi connectivity index (χ1n) is 4.01. The Morgan fingerprint density at radius 3 is 2.33 bits per heavy atom. The third-order valence-electron chi connectivity index (χ3n) is 2.03. The summed E-state index contributed by atoms with van der Waals surface area (Å²) in [6, 6.07) is 0.271. The van der Waals surface area contributed by atoms with Crippen LogP contribution < -0.4 is 10.7 Å². The zero-order chi connectivity index (χ0) is 8.81. The third-order valence-corrected chi connectivity index (χ3v) is 2.03. The second-order valence-corrected chi connectivity index (χ2v) is 2.79. The van der Waals surface area contributed by atoms with Crippen molar-refractivity contribution in [3.63, 3.8) is 0 Å². The van der Waals surface area contributed by atoms with E-state index in [1.165, 1.54) is 0 Å². The highest BCUT2D eigenvalue weighted by Gasteiger charge is 2.17. The number of carbonyl (C=O) groups is 2. The van der Waals surface area contributed by atoms with Crippen LogP contribution in [0.5, 0.6) is 0 Å². The Kier molecular flexibility index (Phi) is 3.53. The molecule has 1 heterocycles. The van der Waals surface area contributed by atoms with Gasteiger partial charge in [-0.05, 0) is 12.8 Å². The first-order chi connectivity index (χ1) is 5.86. The lowest BCUT2D eigenvalue weighted by molar-refractivity contribution is -0.115. The Balaban J connectivity index is 2.19. The Morgan fingerprint density at radius 2 is 1.83 bits per heavy atom. The van der Waals surface area contributed by atoms with E-state index in [0.717, 1.165) is 32.3 Å². The van der Waals surface area contributed by atoms with Gasteiger partial charge in [0.05, 0.1) is 0 Å². The maximum atomic E-state index is 10.1. The van der Waals surface area contributed by atoms with Crippen molar-refractivity contribution >= 4 is 12.8 Å². The molecule has 0 atom stereocenters. The maximum absolute atomic E-state index is 10.1. The number of hydrogen-bond donors (Lipinski definition) is 2. The average molecular weight is 171 g/mol. The lowest BCUT2D eigenvalue weighted by atomic mass is 10.1. The highest BCUT2D eigenvalue weighted by molar-refractivity contribution is 5.46. The quantitative estimate of drug-likeness (QED) is 0.525. The zero-order valence-electron chi connectivity index (χ0n) is 6.82. The maximum Gasteiger partial charge on any atom is 0.221 e. The molecule has 1 saturated heterocycles. The van der Waals surface area contributed by atoms with Crippen molar-refractivity contribution in [3.8, 4) is 0 Å². The fraction of sp³-hybridized carbons (Fsp3) is 0.714. The van der Waals surface area contributed by atoms with E-state index in [2.05, 4.69) is 10.7 Å². The fourth-order valence-electron chi connectivity index (χ4n) is 1.35. The number of nitrogens with zero attached hydrogens (tertiary/aromatic N) is 1. The van der Waals surface area contributed by atoms with Gasteiger partial charge in [-0.3, -0.25) is 15.0 Å². The molecule has 1 aliphatic heterocycles. The van der Waals surface area contributed by atoms with Crippen molar-refractivity contribution < 1.29 is 9.59 Å². The van der Waals surface area contributed by atoms with Gasteiger partial charge in [0.25, 0.3) is 0 Å². The summed E-state index contributed by atoms with van der Waals surface area (Å²) in [5.74, 6) is 0. The van der Waals surface area contributed by atoms with Crippen LogP contribution in [0.3, 0.4) is 0 Å². The van der Waals surface area contributed by atoms with E-state index >= 15 is 0 Å². The summed E-state index contributed by atoms with van der Waals surface area (Å²) in [5.41, 5.74) is 2.58. The van der Waals surface area contributed by atoms with Crippen LogP contribution in [0.25, 0.3) is 0 Å². The highest BCUT2D eigenvalue weighted by atomic mass is 16.1. The molecule has 1 fully saturated rings. The number of rotatable bonds is 4. The summed E-state index contributed by atoms with van der Waals surface area (Å²) in [4.78, 5) is 20.1. The topological polar surface area (TPSA) is 61.4 Å². The van der Waals surface area contributed by atoms with Crippen LogP contribution in [0.1, 0.15) is 12.8 Å². The zero-order valence-corrected chi connectivity index (χ0v) is 6.82. The predicted octanol–water partition coefficient (Wildman–Crippen LogP) is -1.14. The van der Waals surface area contributed by atoms with E-state index < -0.39 is 0 Å². The first kappa shape index (κ1) is 8.99. The minimum atomic E-state index is 0.271. The molecule has 0 unspecified atom stereocenters. The molecule has 1 rings (SSSR count). The fourth-order valence-corrected chi connectivity index (χ4v) is 1.35. The van der Waals surface area contributed by atoms with Crippen LogP contribution in [-0.2, 0) is 9.59 Å². The molecule has 12 heavy (non-hydrogen) atoms. The van der Waals surface area contributed by atoms with E-state index in [4.69, 9.17) is 0 Å². The molecule has 5 nitrogen and oxygen atoms in total. The lowest BCUT2D eigenvalue weighted by Gasteiger charge is -2.30. The summed E-state index contributed by atoms with van der Waals surface area (Å²) in [6.45, 7) is 1.59. The van der Waals surface area contributed by atoms with Crippen LogP contribution in [0, 0.1) is 0 Å². The van der Waals surface area contributed by atoms with Gasteiger partial charge in [-0.1, -0.05) is 0 Å². The van der Waals surface area contributed by atoms with Crippen molar-refractivity contribution in [3.05, 3.63) is 0 Å². The molecule has 0 aliphatic carbocycles. The summed E-state index contributed by atoms with van der Waals surface area (Å²) in [7, 11) is 0. The molecule has 0 aromatic rings. The minimum Gasteiger partial charge on any atom is -0.356 e. The van der Waals surface area contributed by atoms with Gasteiger partial charge < -0.3 is 5.32 Å². The van der Waals surface area contributed by atoms with Gasteiger partial charge in [0.1, 0.15) is 0 Å². The number of amides is 2. The van der Waals surface area contributed by atoms with Crippen LogP contribution in [0.2, 0.25) is 0 Å². The Bertz CT molecular complexity index is 137. The van der Waals surface area contributed by atoms with Crippen LogP contribution >= 0.6 is 0 Å². The molecule has 68 valence electrons. The van der Waals surface area contributed by atoms with Gasteiger partial charge in [-0.2, -0.15) is 0 Å². The largest absolute Gasteiger partial charge is 0.356 e. The van der Waals surface area contributed by atoms with Crippen molar-refractivity contribution in [1.82, 2.24) is 15.8 Å². The molecule has 1 aliphatic rings. The predicted molar refractivity (Wildman–Crippen MR) is 43.0 cm³/mol. The molecular formula is C7H13N3O2. The monoisotopic (exact) mass is 171 g/mol. The van der Waals surface area contributed by atoms with Gasteiger partial charge in [0.2, 0.25) is 12.8 Å². The van der Waals surface area contributed by atoms with E-state index in [0.29, 0.717) is 6.41 Å². The number of carbonyl (C=O) groups excluding carboxylic acids is 2. The van der Waals surface area contributed by atoms with E-state index in [1.807, 2.05) is 5.01 Å². The van der Waals surface area contributed by atoms with E-state index in [9.17, 15) is 9.59 Å². The summed E-state index contributed by atoms with van der Waals surface area (Å²) in [6.07, 6.45) is 3.18. The first-order valence-corrected chi connectivity index (χ1v) is 4.01. The van der Waals surface area contributed by atoms with Gasteiger partial charge in [0.15, 0.2) is 0 Å². The SMILES string of the molecule is O=CNC1CCN(NC=O)CC1. The molecule has 0 aromatic carbocycles. The van der Waals surface area contributed by atoms with E-state index in [-0.39, 0.29) is 6.04 Å². The standard InChI is InChI=1S/C7H13N3O2/c11-5-8-7-1-3-10(4-2-7)9-6-12/h5-7H,1-4H2,(H,8,11)(H,9,12). The molecule has 0 radical (unpaired) electrons. The van der Waals surface area contributed by atoms with Gasteiger partial charge in [0, 0.05) is 19.1 Å². The van der Waals surface area contributed by atoms with Crippen LogP contribution in [0.15, 0.2) is 0 Å². The highest BCUT2D eigenvalue weighted by Crippen LogP contribution is 2.06. The normalized spacial score (nSPS) is 20.0. The Morgan fingerprint density at radius 1 is 1.17 bits per heavy atom. The second kappa shape index (κ2) is 4.71. The van der Waals surface area contributed by atoms with Gasteiger partial charge in [-0.15, -0.1) is 0 Å². The molecule has 0 bridgehead atoms. The lowest BCUT2D eigenvalue weighted by Crippen LogP contribution is -2.47. The summed E-state index contributed by atoms with van der Waals surface area (Å²) < 4.78 is 0. The number of hydrogen-bond acceptors (Lipinski definition) is 3. The smallest absolute Gasteiger partial charge is 0.221 e. The Hall–Kier alpha value is -1.10. The summed E-state index contributed by atoms with van der Waals surface area (Å²) >= 11 is 0. The number of nitrogens with one attached hydrogen (secondary N) is 2. The number of hydrazine groups is 1. The average Bonchev–Trinajstić information content (AvgIpc) is 2.09. The van der Waals surface area contributed by atoms with Gasteiger partial charge >= 0.3 is 0 Å². The summed E-state index contributed by atoms with van der Waals surface area (Å²) in [5, 5.41) is 4.57. The van der Waals surface area contributed by atoms with Crippen molar-refractivity contribution in [1.29, 1.82) is 0 Å². The van der Waals surface area contributed by atoms with Crippen molar-refractivity contribution in [2.45, 2.75) is 18.9 Å². The van der Waals surface area contributed by atoms with Crippen LogP contribution in [-0.4, -0.2) is 37.0 Å². The molecule has 0 spiro atoms. The second-order valence-electron chi connectivity index (χ2n) is 2.79. The molecule has 2 N–H and O–H groups in total. The van der Waals surface area contributed by atoms with E-state index in [1.54, 1.807) is 0 Å². The minimum absolute atomic E-state index is 0.271. The van der Waals surface area contributed by atoms with Gasteiger partial charge in [-0.25, -0.2) is 5.01 Å². The van der Waals surface area contributed by atoms with Crippen LogP contribution in [0.4, 0.5) is 0 Å². The molecule has 0 aromatic heterocycles.